The van der Waals surface area contributed by atoms with Crippen LogP contribution in [0.25, 0.3) is 10.9 Å². The normalized spacial score (nSPS) is 9.20. The average molecular weight is 244 g/mol. The van der Waals surface area contributed by atoms with Crippen LogP contribution < -0.4 is 24.0 Å². The lowest BCUT2D eigenvalue weighted by atomic mass is 10.3. The number of aromatic nitrogens is 1. The van der Waals surface area contributed by atoms with Crippen molar-refractivity contribution in [2.24, 2.45) is 0 Å². The quantitative estimate of drug-likeness (QED) is 0.582. The molecule has 0 aliphatic carbocycles. The Morgan fingerprint density at radius 2 is 1.80 bits per heavy atom. The third-order valence-corrected chi connectivity index (χ3v) is 1.46. The zero-order valence-corrected chi connectivity index (χ0v) is 7.50. The Hall–Kier alpha value is -0.510. The molecule has 0 atom stereocenters. The summed E-state index contributed by atoms with van der Waals surface area (Å²) >= 11 is 0. The molecular weight excluding hydrogens is 237 g/mol. The van der Waals surface area contributed by atoms with E-state index in [1.54, 1.807) is 0 Å². The average Bonchev–Trinajstić information content (AvgIpc) is 2.33. The number of H-pyrrole nitrogens is 1. The van der Waals surface area contributed by atoms with E-state index in [0.717, 1.165) is 0 Å². The largest absolute Gasteiger partial charge is 1.00 e. The van der Waals surface area contributed by atoms with Crippen LogP contribution in [0.4, 0.5) is 0 Å². The van der Waals surface area contributed by atoms with Gasteiger partial charge in [0.1, 0.15) is 0 Å². The molecule has 1 nitrogen and oxygen atoms in total. The van der Waals surface area contributed by atoms with Crippen LogP contribution in [-0.4, -0.2) is 4.98 Å². The van der Waals surface area contributed by atoms with Crippen molar-refractivity contribution in [1.29, 1.82) is 0 Å². The number of nitrogens with one attached hydrogen (secondary N) is 1. The number of aromatic amines is 1. The lowest BCUT2D eigenvalue weighted by molar-refractivity contribution is -0.00000181. The molecule has 0 spiro atoms. The summed E-state index contributed by atoms with van der Waals surface area (Å²) in [6.07, 6.45) is 1.95. The van der Waals surface area contributed by atoms with Gasteiger partial charge in [-0.15, -0.1) is 0 Å². The summed E-state index contributed by atoms with van der Waals surface area (Å²) < 4.78 is 0. The number of benzene rings is 1. The number of hydrogen-bond acceptors (Lipinski definition) is 0. The monoisotopic (exact) mass is 244 g/mol. The number of fused-ring (bicyclic) bond motifs is 1. The van der Waals surface area contributed by atoms with Gasteiger partial charge >= 0.3 is 0 Å². The Morgan fingerprint density at radius 3 is 2.60 bits per heavy atom. The van der Waals surface area contributed by atoms with Crippen molar-refractivity contribution in [2.45, 2.75) is 0 Å². The molecule has 2 heteroatoms. The summed E-state index contributed by atoms with van der Waals surface area (Å²) in [6.45, 7) is 0. The predicted octanol–water partition coefficient (Wildman–Crippen LogP) is -0.828. The predicted molar refractivity (Wildman–Crippen MR) is 38.3 cm³/mol. The van der Waals surface area contributed by atoms with E-state index in [0.29, 0.717) is 0 Å². The second-order valence-electron chi connectivity index (χ2n) is 2.06. The van der Waals surface area contributed by atoms with E-state index in [-0.39, 0.29) is 24.0 Å². The second kappa shape index (κ2) is 3.05. The van der Waals surface area contributed by atoms with Gasteiger partial charge in [-0.05, 0) is 17.5 Å². The fraction of sp³-hybridized carbons (Fsp3) is 0. The Kier molecular flexibility index (Phi) is 2.32. The number of halogens is 1. The highest BCUT2D eigenvalue weighted by Gasteiger charge is 1.86. The number of hydrogen-bond donors (Lipinski definition) is 1. The van der Waals surface area contributed by atoms with Crippen molar-refractivity contribution in [3.05, 3.63) is 36.5 Å². The van der Waals surface area contributed by atoms with Crippen molar-refractivity contribution >= 4 is 10.9 Å². The molecule has 52 valence electrons. The van der Waals surface area contributed by atoms with Gasteiger partial charge in [-0.1, -0.05) is 18.2 Å². The molecule has 1 aromatic heterocycles. The first-order valence-corrected chi connectivity index (χ1v) is 2.99. The van der Waals surface area contributed by atoms with Crippen LogP contribution in [-0.2, 0) is 0 Å². The van der Waals surface area contributed by atoms with Crippen LogP contribution in [0, 0.1) is 0 Å². The molecule has 1 heterocycles. The van der Waals surface area contributed by atoms with Gasteiger partial charge in [0.15, 0.2) is 0 Å². The van der Waals surface area contributed by atoms with E-state index in [2.05, 4.69) is 23.2 Å². The van der Waals surface area contributed by atoms with Crippen molar-refractivity contribution < 1.29 is 24.0 Å². The molecule has 0 fully saturated rings. The molecule has 0 unspecified atom stereocenters. The zero-order valence-electron chi connectivity index (χ0n) is 5.34. The summed E-state index contributed by atoms with van der Waals surface area (Å²) in [5.41, 5.74) is 1.21. The minimum absolute atomic E-state index is 0. The summed E-state index contributed by atoms with van der Waals surface area (Å²) in [5, 5.41) is 1.28. The van der Waals surface area contributed by atoms with E-state index in [9.17, 15) is 0 Å². The molecule has 1 aromatic carbocycles. The molecule has 0 bridgehead atoms. The Labute approximate surface area is 76.5 Å². The van der Waals surface area contributed by atoms with Gasteiger partial charge in [0.2, 0.25) is 0 Å². The highest BCUT2D eigenvalue weighted by Crippen LogP contribution is 2.09. The third-order valence-electron chi connectivity index (χ3n) is 1.46. The molecular formula is C8H7IN-. The van der Waals surface area contributed by atoms with Gasteiger partial charge in [-0.2, -0.15) is 0 Å². The van der Waals surface area contributed by atoms with E-state index in [4.69, 9.17) is 0 Å². The van der Waals surface area contributed by atoms with Gasteiger partial charge in [-0.3, -0.25) is 0 Å². The first kappa shape index (κ1) is 7.60. The molecule has 2 rings (SSSR count). The second-order valence-corrected chi connectivity index (χ2v) is 2.06. The van der Waals surface area contributed by atoms with Gasteiger partial charge < -0.3 is 29.0 Å². The van der Waals surface area contributed by atoms with E-state index in [1.165, 1.54) is 10.9 Å². The summed E-state index contributed by atoms with van der Waals surface area (Å²) in [6, 6.07) is 10.3. The molecule has 0 amide bonds. The highest BCUT2D eigenvalue weighted by molar-refractivity contribution is 5.78. The fourth-order valence-electron chi connectivity index (χ4n) is 0.995. The maximum Gasteiger partial charge on any atom is 0.0453 e. The van der Waals surface area contributed by atoms with E-state index < -0.39 is 0 Å². The summed E-state index contributed by atoms with van der Waals surface area (Å²) in [7, 11) is 0. The van der Waals surface area contributed by atoms with Crippen LogP contribution in [0.5, 0.6) is 0 Å². The lowest BCUT2D eigenvalue weighted by Crippen LogP contribution is -3.00. The molecule has 0 radical (unpaired) electrons. The first-order valence-electron chi connectivity index (χ1n) is 2.99. The summed E-state index contributed by atoms with van der Waals surface area (Å²) in [5.74, 6) is 0. The number of rotatable bonds is 0. The zero-order chi connectivity index (χ0) is 6.10. The Bertz CT molecular complexity index is 283. The Morgan fingerprint density at radius 1 is 1.00 bits per heavy atom. The van der Waals surface area contributed by atoms with Crippen molar-refractivity contribution in [3.63, 3.8) is 0 Å². The lowest BCUT2D eigenvalue weighted by Gasteiger charge is -1.83. The van der Waals surface area contributed by atoms with E-state index in [1.807, 2.05) is 18.3 Å². The highest BCUT2D eigenvalue weighted by atomic mass is 127. The van der Waals surface area contributed by atoms with Crippen molar-refractivity contribution in [1.82, 2.24) is 4.98 Å². The summed E-state index contributed by atoms with van der Waals surface area (Å²) in [4.78, 5) is 3.12. The smallest absolute Gasteiger partial charge is 0.0453 e. The van der Waals surface area contributed by atoms with Gasteiger partial charge in [-0.25, -0.2) is 0 Å². The van der Waals surface area contributed by atoms with Crippen molar-refractivity contribution in [2.75, 3.05) is 0 Å². The Balaban J connectivity index is 0.000000500. The molecule has 1 N–H and O–H groups in total. The maximum absolute atomic E-state index is 3.12. The maximum atomic E-state index is 3.12. The molecule has 0 saturated carbocycles. The molecule has 0 aliphatic rings. The standard InChI is InChI=1S/C8H7N.HI/c1-2-4-8-7(3-1)5-6-9-8;/h1-6,9H;1H/p-1. The number of para-hydroxylation sites is 1. The first-order chi connectivity index (χ1) is 4.47. The fourth-order valence-corrected chi connectivity index (χ4v) is 0.995. The van der Waals surface area contributed by atoms with Crippen LogP contribution >= 0.6 is 0 Å². The van der Waals surface area contributed by atoms with Gasteiger partial charge in [0.05, 0.1) is 0 Å². The molecule has 10 heavy (non-hydrogen) atoms. The molecule has 0 saturated heterocycles. The van der Waals surface area contributed by atoms with Crippen LogP contribution in [0.2, 0.25) is 0 Å². The van der Waals surface area contributed by atoms with Crippen LogP contribution in [0.15, 0.2) is 36.5 Å². The molecule has 2 aromatic rings. The third kappa shape index (κ3) is 1.16. The minimum atomic E-state index is 0. The topological polar surface area (TPSA) is 15.8 Å². The van der Waals surface area contributed by atoms with Gasteiger partial charge in [0, 0.05) is 11.7 Å². The SMILES string of the molecule is [I-].c1ccc2[nH]ccc2c1. The minimum Gasteiger partial charge on any atom is -1.00 e. The van der Waals surface area contributed by atoms with Crippen LogP contribution in [0.1, 0.15) is 0 Å². The van der Waals surface area contributed by atoms with Crippen LogP contribution in [0.3, 0.4) is 0 Å². The van der Waals surface area contributed by atoms with E-state index >= 15 is 0 Å². The van der Waals surface area contributed by atoms with Crippen molar-refractivity contribution in [3.8, 4) is 0 Å². The van der Waals surface area contributed by atoms with Gasteiger partial charge in [0.25, 0.3) is 0 Å². The molecule has 0 aliphatic heterocycles.